The third-order valence-corrected chi connectivity index (χ3v) is 6.36. The monoisotopic (exact) mass is 490 g/mol. The van der Waals surface area contributed by atoms with Gasteiger partial charge in [-0.1, -0.05) is 18.2 Å². The fourth-order valence-corrected chi connectivity index (χ4v) is 4.69. The second-order valence-electron chi connectivity index (χ2n) is 7.64. The molecule has 4 rings (SSSR count). The number of nitrogens with one attached hydrogen (secondary N) is 2. The molecule has 2 aromatic heterocycles. The van der Waals surface area contributed by atoms with Crippen molar-refractivity contribution in [2.24, 2.45) is 0 Å². The lowest BCUT2D eigenvalue weighted by Crippen LogP contribution is -2.17. The summed E-state index contributed by atoms with van der Waals surface area (Å²) in [6.45, 7) is 6.24. The van der Waals surface area contributed by atoms with Gasteiger partial charge < -0.3 is 25.8 Å². The second-order valence-corrected chi connectivity index (χ2v) is 8.64. The molecule has 0 saturated carbocycles. The number of nitrogen functional groups attached to an aromatic ring is 1. The lowest BCUT2D eigenvalue weighted by Gasteiger charge is -2.17. The topological polar surface area (TPSA) is 116 Å². The molecule has 2 heterocycles. The van der Waals surface area contributed by atoms with Crippen LogP contribution in [0.3, 0.4) is 0 Å². The Morgan fingerprint density at radius 1 is 0.971 bits per heavy atom. The first-order valence-corrected chi connectivity index (χ1v) is 12.0. The second kappa shape index (κ2) is 10.4. The lowest BCUT2D eigenvalue weighted by molar-refractivity contribution is 0.101. The van der Waals surface area contributed by atoms with Gasteiger partial charge in [-0.15, -0.1) is 11.3 Å². The summed E-state index contributed by atoms with van der Waals surface area (Å²) >= 11 is 1.22. The van der Waals surface area contributed by atoms with E-state index in [1.165, 1.54) is 11.3 Å². The van der Waals surface area contributed by atoms with Crippen molar-refractivity contribution in [3.8, 4) is 11.5 Å². The summed E-state index contributed by atoms with van der Waals surface area (Å²) in [5.41, 5.74) is 8.96. The SMILES string of the molecule is CCOc1cc(C(=O)Nc2ccccc2)c(OCC)cc1NC(=O)c1sc2nccc(C)c2c1N. The number of nitrogens with two attached hydrogens (primary N) is 1. The number of fused-ring (bicyclic) bond motifs is 1. The summed E-state index contributed by atoms with van der Waals surface area (Å²) in [6, 6.07) is 14.1. The van der Waals surface area contributed by atoms with Gasteiger partial charge in [0.05, 0.1) is 30.2 Å². The van der Waals surface area contributed by atoms with E-state index in [4.69, 9.17) is 15.2 Å². The number of pyridine rings is 1. The van der Waals surface area contributed by atoms with Gasteiger partial charge in [0.15, 0.2) is 0 Å². The number of hydrogen-bond donors (Lipinski definition) is 3. The number of rotatable bonds is 8. The summed E-state index contributed by atoms with van der Waals surface area (Å²) in [4.78, 5) is 31.6. The first kappa shape index (κ1) is 24.0. The molecule has 0 aliphatic heterocycles. The van der Waals surface area contributed by atoms with Crippen LogP contribution in [-0.2, 0) is 0 Å². The van der Waals surface area contributed by atoms with Gasteiger partial charge in [-0.2, -0.15) is 0 Å². The molecular formula is C26H26N4O4S. The number of nitrogens with zero attached hydrogens (tertiary/aromatic N) is 1. The largest absolute Gasteiger partial charge is 0.493 e. The number of amides is 2. The van der Waals surface area contributed by atoms with Gasteiger partial charge in [0.2, 0.25) is 0 Å². The Hall–Kier alpha value is -4.11. The van der Waals surface area contributed by atoms with Crippen LogP contribution in [0.5, 0.6) is 11.5 Å². The summed E-state index contributed by atoms with van der Waals surface area (Å²) in [7, 11) is 0. The minimum atomic E-state index is -0.394. The van der Waals surface area contributed by atoms with E-state index in [2.05, 4.69) is 15.6 Å². The van der Waals surface area contributed by atoms with E-state index in [-0.39, 0.29) is 5.91 Å². The number of aromatic nitrogens is 1. The first-order chi connectivity index (χ1) is 16.9. The Kier molecular flexibility index (Phi) is 7.17. The number of ether oxygens (including phenoxy) is 2. The van der Waals surface area contributed by atoms with E-state index < -0.39 is 5.91 Å². The molecule has 4 N–H and O–H groups in total. The molecule has 0 bridgehead atoms. The molecule has 0 aliphatic carbocycles. The number of thiophene rings is 1. The molecular weight excluding hydrogens is 464 g/mol. The van der Waals surface area contributed by atoms with Crippen molar-refractivity contribution in [2.75, 3.05) is 29.6 Å². The first-order valence-electron chi connectivity index (χ1n) is 11.2. The van der Waals surface area contributed by atoms with Gasteiger partial charge >= 0.3 is 0 Å². The van der Waals surface area contributed by atoms with E-state index in [1.54, 1.807) is 30.5 Å². The fraction of sp³-hybridized carbons (Fsp3) is 0.192. The predicted molar refractivity (Wildman–Crippen MR) is 140 cm³/mol. The van der Waals surface area contributed by atoms with Crippen LogP contribution < -0.4 is 25.8 Å². The average molecular weight is 491 g/mol. The molecule has 4 aromatic rings. The smallest absolute Gasteiger partial charge is 0.268 e. The zero-order valence-electron chi connectivity index (χ0n) is 19.7. The lowest BCUT2D eigenvalue weighted by atomic mass is 10.1. The van der Waals surface area contributed by atoms with Crippen LogP contribution in [0.25, 0.3) is 10.2 Å². The van der Waals surface area contributed by atoms with Crippen molar-refractivity contribution in [1.82, 2.24) is 4.98 Å². The number of carbonyl (C=O) groups excluding carboxylic acids is 2. The van der Waals surface area contributed by atoms with Crippen molar-refractivity contribution in [1.29, 1.82) is 0 Å². The summed E-state index contributed by atoms with van der Waals surface area (Å²) in [5, 5.41) is 6.50. The van der Waals surface area contributed by atoms with Gasteiger partial charge in [-0.25, -0.2) is 4.98 Å². The molecule has 0 atom stereocenters. The van der Waals surface area contributed by atoms with E-state index in [0.717, 1.165) is 10.9 Å². The Morgan fingerprint density at radius 3 is 2.37 bits per heavy atom. The van der Waals surface area contributed by atoms with Crippen LogP contribution in [0.1, 0.15) is 39.4 Å². The molecule has 2 aromatic carbocycles. The van der Waals surface area contributed by atoms with Crippen molar-refractivity contribution >= 4 is 50.4 Å². The number of aryl methyl sites for hydroxylation is 1. The maximum Gasteiger partial charge on any atom is 0.268 e. The van der Waals surface area contributed by atoms with Crippen LogP contribution in [0.15, 0.2) is 54.7 Å². The highest BCUT2D eigenvalue weighted by atomic mass is 32.1. The quantitative estimate of drug-likeness (QED) is 0.301. The van der Waals surface area contributed by atoms with Crippen LogP contribution in [0.4, 0.5) is 17.1 Å². The Morgan fingerprint density at radius 2 is 1.69 bits per heavy atom. The number of carbonyl (C=O) groups is 2. The fourth-order valence-electron chi connectivity index (χ4n) is 3.66. The van der Waals surface area contributed by atoms with Gasteiger partial charge in [-0.3, -0.25) is 9.59 Å². The van der Waals surface area contributed by atoms with Crippen LogP contribution in [0.2, 0.25) is 0 Å². The van der Waals surface area contributed by atoms with Crippen molar-refractivity contribution in [3.05, 3.63) is 70.7 Å². The number of anilines is 3. The minimum Gasteiger partial charge on any atom is -0.493 e. The summed E-state index contributed by atoms with van der Waals surface area (Å²) in [6.07, 6.45) is 1.69. The van der Waals surface area contributed by atoms with Crippen molar-refractivity contribution in [3.63, 3.8) is 0 Å². The molecule has 8 nitrogen and oxygen atoms in total. The van der Waals surface area contributed by atoms with E-state index >= 15 is 0 Å². The molecule has 2 amide bonds. The Bertz CT molecular complexity index is 1390. The van der Waals surface area contributed by atoms with Crippen molar-refractivity contribution in [2.45, 2.75) is 20.8 Å². The highest BCUT2D eigenvalue weighted by molar-refractivity contribution is 7.21. The molecule has 35 heavy (non-hydrogen) atoms. The number of benzene rings is 2. The number of para-hydroxylation sites is 1. The van der Waals surface area contributed by atoms with E-state index in [9.17, 15) is 9.59 Å². The van der Waals surface area contributed by atoms with Gasteiger partial charge in [0, 0.05) is 23.3 Å². The highest BCUT2D eigenvalue weighted by Crippen LogP contribution is 2.37. The van der Waals surface area contributed by atoms with Gasteiger partial charge in [-0.05, 0) is 50.6 Å². The minimum absolute atomic E-state index is 0.290. The van der Waals surface area contributed by atoms with Crippen LogP contribution >= 0.6 is 11.3 Å². The normalized spacial score (nSPS) is 10.7. The molecule has 0 spiro atoms. The Balaban J connectivity index is 1.69. The third-order valence-electron chi connectivity index (χ3n) is 5.25. The van der Waals surface area contributed by atoms with Gasteiger partial charge in [0.1, 0.15) is 21.2 Å². The maximum atomic E-state index is 13.2. The zero-order chi connectivity index (χ0) is 24.9. The van der Waals surface area contributed by atoms with E-state index in [0.29, 0.717) is 57.0 Å². The Labute approximate surface area is 207 Å². The number of hydrogen-bond acceptors (Lipinski definition) is 7. The summed E-state index contributed by atoms with van der Waals surface area (Å²) < 4.78 is 11.5. The maximum absolute atomic E-state index is 13.2. The molecule has 0 fully saturated rings. The molecule has 0 aliphatic rings. The van der Waals surface area contributed by atoms with Crippen molar-refractivity contribution < 1.29 is 19.1 Å². The van der Waals surface area contributed by atoms with Crippen LogP contribution in [0, 0.1) is 6.92 Å². The standard InChI is InChI=1S/C26H26N4O4S/c1-4-33-19-14-18(30-25(32)23-22(27)21-15(3)11-12-28-26(21)35-23)20(34-5-2)13-17(19)24(31)29-16-9-7-6-8-10-16/h6-14H,4-5,27H2,1-3H3,(H,29,31)(H,30,32). The van der Waals surface area contributed by atoms with E-state index in [1.807, 2.05) is 45.0 Å². The highest BCUT2D eigenvalue weighted by Gasteiger charge is 2.23. The zero-order valence-corrected chi connectivity index (χ0v) is 20.5. The molecule has 9 heteroatoms. The predicted octanol–water partition coefficient (Wildman–Crippen LogP) is 5.49. The van der Waals surface area contributed by atoms with Gasteiger partial charge in [0.25, 0.3) is 11.8 Å². The molecule has 0 radical (unpaired) electrons. The summed E-state index contributed by atoms with van der Waals surface area (Å²) in [5.74, 6) is -0.0819. The molecule has 0 unspecified atom stereocenters. The molecule has 180 valence electrons. The third kappa shape index (κ3) is 5.04. The molecule has 0 saturated heterocycles. The average Bonchev–Trinajstić information content (AvgIpc) is 3.19. The van der Waals surface area contributed by atoms with Crippen LogP contribution in [-0.4, -0.2) is 30.0 Å².